The van der Waals surface area contributed by atoms with Gasteiger partial charge in [0.2, 0.25) is 11.0 Å². The van der Waals surface area contributed by atoms with Crippen LogP contribution in [0, 0.1) is 11.8 Å². The topological polar surface area (TPSA) is 49.3 Å². The van der Waals surface area contributed by atoms with Crippen LogP contribution >= 0.6 is 11.3 Å². The van der Waals surface area contributed by atoms with Crippen LogP contribution in [-0.2, 0) is 17.6 Å². The van der Waals surface area contributed by atoms with E-state index in [0.29, 0.717) is 29.8 Å². The lowest BCUT2D eigenvalue weighted by Crippen LogP contribution is -2.65. The summed E-state index contributed by atoms with van der Waals surface area (Å²) < 4.78 is 0. The molecule has 2 bridgehead atoms. The molecule has 0 unspecified atom stereocenters. The lowest BCUT2D eigenvalue weighted by atomic mass is 9.71. The van der Waals surface area contributed by atoms with Crippen LogP contribution in [0.15, 0.2) is 30.3 Å². The standard InChI is InChI=1S/C23H30N4OS/c1-2-7-21-24-25-23(29-21)26-14-17-13-18(15-26)20(12-16-8-4-3-5-9-16)27-19(17)10-6-11-22(27)28/h3-5,8-9,17-20H,2,6-7,10-15H2,1H3/t17-,18+,19+,20+/m1/s1. The van der Waals surface area contributed by atoms with Gasteiger partial charge in [0.1, 0.15) is 5.01 Å². The normalized spacial score (nSPS) is 29.1. The highest BCUT2D eigenvalue weighted by molar-refractivity contribution is 7.15. The summed E-state index contributed by atoms with van der Waals surface area (Å²) in [4.78, 5) is 17.8. The zero-order chi connectivity index (χ0) is 19.8. The van der Waals surface area contributed by atoms with E-state index in [1.807, 2.05) is 0 Å². The summed E-state index contributed by atoms with van der Waals surface area (Å²) >= 11 is 1.76. The highest BCUT2D eigenvalue weighted by Crippen LogP contribution is 2.43. The van der Waals surface area contributed by atoms with E-state index in [1.54, 1.807) is 11.3 Å². The summed E-state index contributed by atoms with van der Waals surface area (Å²) in [6.07, 6.45) is 7.24. The Hall–Kier alpha value is -1.95. The predicted octanol–water partition coefficient (Wildman–Crippen LogP) is 3.94. The van der Waals surface area contributed by atoms with Crippen LogP contribution in [0.4, 0.5) is 5.13 Å². The Morgan fingerprint density at radius 2 is 1.97 bits per heavy atom. The van der Waals surface area contributed by atoms with Gasteiger partial charge in [-0.15, -0.1) is 10.2 Å². The molecule has 3 aliphatic heterocycles. The van der Waals surface area contributed by atoms with Crippen LogP contribution in [0.3, 0.4) is 0 Å². The lowest BCUT2D eigenvalue weighted by Gasteiger charge is -2.56. The Kier molecular flexibility index (Phi) is 5.29. The molecule has 154 valence electrons. The molecule has 4 heterocycles. The molecule has 0 saturated carbocycles. The van der Waals surface area contributed by atoms with Gasteiger partial charge < -0.3 is 9.80 Å². The van der Waals surface area contributed by atoms with Crippen LogP contribution in [0.25, 0.3) is 0 Å². The fourth-order valence-corrected chi connectivity index (χ4v) is 6.70. The molecule has 0 radical (unpaired) electrons. The monoisotopic (exact) mass is 410 g/mol. The number of anilines is 1. The number of fused-ring (bicyclic) bond motifs is 4. The van der Waals surface area contributed by atoms with Gasteiger partial charge in [0.15, 0.2) is 0 Å². The number of carbonyl (C=O) groups is 1. The van der Waals surface area contributed by atoms with Crippen LogP contribution in [-0.4, -0.2) is 46.2 Å². The van der Waals surface area contributed by atoms with Crippen LogP contribution in [0.5, 0.6) is 0 Å². The molecule has 2 aromatic rings. The summed E-state index contributed by atoms with van der Waals surface area (Å²) in [5.74, 6) is 1.45. The van der Waals surface area contributed by atoms with Crippen molar-refractivity contribution in [2.75, 3.05) is 18.0 Å². The number of nitrogens with zero attached hydrogens (tertiary/aromatic N) is 4. The smallest absolute Gasteiger partial charge is 0.223 e. The fraction of sp³-hybridized carbons (Fsp3) is 0.609. The molecule has 4 atom stereocenters. The molecule has 0 aliphatic carbocycles. The number of rotatable bonds is 5. The number of piperidine rings is 3. The Labute approximate surface area is 177 Å². The van der Waals surface area contributed by atoms with Crippen LogP contribution < -0.4 is 4.90 Å². The lowest BCUT2D eigenvalue weighted by molar-refractivity contribution is -0.148. The summed E-state index contributed by atoms with van der Waals surface area (Å²) in [5, 5.41) is 11.2. The molecule has 0 N–H and O–H groups in total. The largest absolute Gasteiger partial charge is 0.346 e. The molecule has 3 aliphatic rings. The van der Waals surface area contributed by atoms with Gasteiger partial charge in [-0.2, -0.15) is 0 Å². The second-order valence-corrected chi connectivity index (χ2v) is 9.95. The summed E-state index contributed by atoms with van der Waals surface area (Å²) in [5.41, 5.74) is 1.34. The molecule has 0 spiro atoms. The zero-order valence-electron chi connectivity index (χ0n) is 17.2. The van der Waals surface area contributed by atoms with Gasteiger partial charge in [0.05, 0.1) is 0 Å². The second-order valence-electron chi connectivity index (χ2n) is 8.91. The number of benzene rings is 1. The number of aryl methyl sites for hydroxylation is 1. The van der Waals surface area contributed by atoms with Crippen LogP contribution in [0.2, 0.25) is 0 Å². The maximum Gasteiger partial charge on any atom is 0.223 e. The molecule has 6 heteroatoms. The maximum absolute atomic E-state index is 13.0. The van der Waals surface area contributed by atoms with Crippen molar-refractivity contribution in [3.05, 3.63) is 40.9 Å². The summed E-state index contributed by atoms with van der Waals surface area (Å²) in [7, 11) is 0. The Balaban J connectivity index is 1.43. The predicted molar refractivity (Wildman–Crippen MR) is 116 cm³/mol. The third kappa shape index (κ3) is 3.67. The van der Waals surface area contributed by atoms with Crippen molar-refractivity contribution >= 4 is 22.4 Å². The van der Waals surface area contributed by atoms with Gasteiger partial charge in [-0.25, -0.2) is 0 Å². The average molecular weight is 411 g/mol. The quantitative estimate of drug-likeness (QED) is 0.749. The average Bonchev–Trinajstić information content (AvgIpc) is 3.21. The van der Waals surface area contributed by atoms with Crippen molar-refractivity contribution < 1.29 is 4.79 Å². The van der Waals surface area contributed by atoms with Crippen molar-refractivity contribution in [3.63, 3.8) is 0 Å². The van der Waals surface area contributed by atoms with Crippen molar-refractivity contribution in [2.24, 2.45) is 11.8 Å². The van der Waals surface area contributed by atoms with Crippen molar-refractivity contribution in [1.82, 2.24) is 15.1 Å². The minimum Gasteiger partial charge on any atom is -0.346 e. The first-order valence-electron chi connectivity index (χ1n) is 11.2. The molecule has 29 heavy (non-hydrogen) atoms. The van der Waals surface area contributed by atoms with E-state index in [9.17, 15) is 4.79 Å². The second kappa shape index (κ2) is 8.05. The Morgan fingerprint density at radius 1 is 1.14 bits per heavy atom. The minimum absolute atomic E-state index is 0.303. The van der Waals surface area contributed by atoms with Gasteiger partial charge in [0.25, 0.3) is 0 Å². The van der Waals surface area contributed by atoms with E-state index in [2.05, 4.69) is 57.3 Å². The molecular formula is C23H30N4OS. The molecule has 1 aromatic carbocycles. The molecule has 3 fully saturated rings. The van der Waals surface area contributed by atoms with E-state index in [4.69, 9.17) is 0 Å². The Morgan fingerprint density at radius 3 is 2.79 bits per heavy atom. The minimum atomic E-state index is 0.303. The maximum atomic E-state index is 13.0. The summed E-state index contributed by atoms with van der Waals surface area (Å²) in [6, 6.07) is 11.4. The van der Waals surface area contributed by atoms with Crippen molar-refractivity contribution in [3.8, 4) is 0 Å². The van der Waals surface area contributed by atoms with Crippen LogP contribution in [0.1, 0.15) is 49.6 Å². The first kappa shape index (κ1) is 19.0. The van der Waals surface area contributed by atoms with E-state index in [0.717, 1.165) is 61.8 Å². The first-order valence-corrected chi connectivity index (χ1v) is 12.0. The molecule has 5 rings (SSSR count). The van der Waals surface area contributed by atoms with E-state index in [-0.39, 0.29) is 0 Å². The third-order valence-electron chi connectivity index (χ3n) is 6.97. The first-order chi connectivity index (χ1) is 14.2. The third-order valence-corrected chi connectivity index (χ3v) is 8.02. The summed E-state index contributed by atoms with van der Waals surface area (Å²) in [6.45, 7) is 4.20. The Bertz CT molecular complexity index is 854. The zero-order valence-corrected chi connectivity index (χ0v) is 18.0. The number of amides is 1. The highest BCUT2D eigenvalue weighted by Gasteiger charge is 2.49. The molecular weight excluding hydrogens is 380 g/mol. The number of hydrogen-bond acceptors (Lipinski definition) is 5. The molecule has 1 amide bonds. The molecule has 3 saturated heterocycles. The van der Waals surface area contributed by atoms with Gasteiger partial charge in [0, 0.05) is 38.0 Å². The highest BCUT2D eigenvalue weighted by atomic mass is 32.1. The number of aromatic nitrogens is 2. The SMILES string of the molecule is CCCc1nnc(N2C[C@H]3C[C@@H](C2)[C@H](Cc2ccccc2)N2C(=O)CCC[C@@H]32)s1. The van der Waals surface area contributed by atoms with Gasteiger partial charge in [-0.1, -0.05) is 48.6 Å². The number of carbonyl (C=O) groups excluding carboxylic acids is 1. The number of hydrogen-bond donors (Lipinski definition) is 0. The van der Waals surface area contributed by atoms with Crippen molar-refractivity contribution in [2.45, 2.75) is 64.0 Å². The van der Waals surface area contributed by atoms with Gasteiger partial charge >= 0.3 is 0 Å². The van der Waals surface area contributed by atoms with E-state index in [1.165, 1.54) is 12.0 Å². The molecule has 5 nitrogen and oxygen atoms in total. The van der Waals surface area contributed by atoms with E-state index >= 15 is 0 Å². The fourth-order valence-electron chi connectivity index (χ4n) is 5.74. The van der Waals surface area contributed by atoms with Crippen molar-refractivity contribution in [1.29, 1.82) is 0 Å². The van der Waals surface area contributed by atoms with Gasteiger partial charge in [-0.3, -0.25) is 4.79 Å². The van der Waals surface area contributed by atoms with Gasteiger partial charge in [-0.05, 0) is 49.5 Å². The molecule has 1 aromatic heterocycles. The van der Waals surface area contributed by atoms with E-state index < -0.39 is 0 Å².